The quantitative estimate of drug-likeness (QED) is 0.0659. The molecule has 16 heteroatoms. The van der Waals surface area contributed by atoms with Crippen LogP contribution in [0.15, 0.2) is 274 Å². The maximum Gasteiger partial charge on any atom is 0.317 e. The Kier molecular flexibility index (Phi) is 25.7. The molecular weight excluding hydrogens is 1350 g/mol. The van der Waals surface area contributed by atoms with Gasteiger partial charge >= 0.3 is 34.2 Å². The normalized spacial score (nSPS) is 22.5. The average molecular weight is 1450 g/mol. The Balaban J connectivity index is 0.000000213. The molecule has 99 heavy (non-hydrogen) atoms. The summed E-state index contributed by atoms with van der Waals surface area (Å²) in [7, 11) is -17.1. The van der Waals surface area contributed by atoms with Crippen molar-refractivity contribution in [3.63, 3.8) is 0 Å². The lowest BCUT2D eigenvalue weighted by atomic mass is 10.0. The first kappa shape index (κ1) is 73.3. The fourth-order valence-corrected chi connectivity index (χ4v) is 49.4. The molecule has 0 saturated carbocycles. The predicted octanol–water partition coefficient (Wildman–Crippen LogP) is 21.2. The van der Waals surface area contributed by atoms with Crippen molar-refractivity contribution in [2.24, 2.45) is 0 Å². The molecule has 0 spiro atoms. The van der Waals surface area contributed by atoms with Crippen LogP contribution in [0.2, 0.25) is 76.6 Å². The van der Waals surface area contributed by atoms with Gasteiger partial charge in [0.15, 0.2) is 0 Å². The number of aryl methyl sites for hydroxylation is 4. The number of fused-ring (bicyclic) bond motifs is 6. The molecule has 0 aliphatic carbocycles. The first-order valence-electron chi connectivity index (χ1n) is 35.4. The molecule has 2 saturated heterocycles. The van der Waals surface area contributed by atoms with Crippen molar-refractivity contribution in [3.05, 3.63) is 307 Å². The minimum absolute atomic E-state index is 0.852. The molecule has 12 aromatic carbocycles. The summed E-state index contributed by atoms with van der Waals surface area (Å²) >= 11 is 0. The Hall–Kier alpha value is -6.90. The van der Waals surface area contributed by atoms with E-state index in [4.69, 9.17) is 32.9 Å². The largest absolute Gasteiger partial charge is 0.420 e. The summed E-state index contributed by atoms with van der Waals surface area (Å²) in [5.41, 5.74) is 7.95. The first-order valence-corrected chi connectivity index (χ1v) is 53.9. The van der Waals surface area contributed by atoms with Crippen molar-refractivity contribution in [1.82, 2.24) is 0 Å². The Labute approximate surface area is 599 Å². The van der Waals surface area contributed by atoms with Gasteiger partial charge in [-0.2, -0.15) is 0 Å². The van der Waals surface area contributed by atoms with Crippen LogP contribution in [0.4, 0.5) is 0 Å². The summed E-state index contributed by atoms with van der Waals surface area (Å²) in [5.74, 6) is 0. The SMILES string of the molecule is C=CCc1cccc2ccccc12.C=Cc1ccc2ccccc2c1.C[SiH]1O[SiH](C)O[SiH](C)O[SiH](C)O1.C[Si]1(CCCc2cccc3ccccc23)O[Si](C)(CCc2ccc3ccccc3c2)O[Si](C)(CCCc2cccc3ccccc23)O[Si](C)(CCc2ccc3ccccc3c2)O1. The lowest BCUT2D eigenvalue weighted by Crippen LogP contribution is -2.67. The van der Waals surface area contributed by atoms with Gasteiger partial charge in [0.05, 0.1) is 0 Å². The number of hydrogen-bond donors (Lipinski definition) is 0. The van der Waals surface area contributed by atoms with Crippen LogP contribution in [0.3, 0.4) is 0 Å². The van der Waals surface area contributed by atoms with E-state index in [0.717, 1.165) is 69.1 Å². The third kappa shape index (κ3) is 20.7. The van der Waals surface area contributed by atoms with Crippen LogP contribution < -0.4 is 0 Å². The van der Waals surface area contributed by atoms with E-state index in [9.17, 15) is 0 Å². The summed E-state index contributed by atoms with van der Waals surface area (Å²) < 4.78 is 53.6. The molecule has 2 fully saturated rings. The van der Waals surface area contributed by atoms with Gasteiger partial charge in [0, 0.05) is 0 Å². The van der Waals surface area contributed by atoms with Crippen LogP contribution in [0.1, 0.15) is 46.2 Å². The Morgan fingerprint density at radius 1 is 0.303 bits per heavy atom. The maximum absolute atomic E-state index is 7.75. The van der Waals surface area contributed by atoms with Gasteiger partial charge in [0.1, 0.15) is 0 Å². The molecule has 12 aromatic rings. The van der Waals surface area contributed by atoms with Crippen LogP contribution >= 0.6 is 0 Å². The number of hydrogen-bond acceptors (Lipinski definition) is 8. The maximum atomic E-state index is 7.75. The van der Waals surface area contributed by atoms with Gasteiger partial charge in [-0.25, -0.2) is 0 Å². The summed E-state index contributed by atoms with van der Waals surface area (Å²) in [6.45, 7) is 25.0. The highest BCUT2D eigenvalue weighted by Gasteiger charge is 2.56. The second-order valence-electron chi connectivity index (χ2n) is 27.0. The van der Waals surface area contributed by atoms with E-state index in [1.165, 1.54) is 98.0 Å². The zero-order chi connectivity index (χ0) is 69.2. The highest BCUT2D eigenvalue weighted by Crippen LogP contribution is 2.40. The van der Waals surface area contributed by atoms with Crippen LogP contribution in [-0.2, 0) is 65.0 Å². The fourth-order valence-electron chi connectivity index (χ4n) is 14.2. The smallest absolute Gasteiger partial charge is 0.317 e. The van der Waals surface area contributed by atoms with E-state index in [1.54, 1.807) is 0 Å². The lowest BCUT2D eigenvalue weighted by molar-refractivity contribution is 0.221. The molecule has 0 amide bonds. The molecule has 8 nitrogen and oxygen atoms in total. The number of rotatable bonds is 17. The monoisotopic (exact) mass is 1450 g/mol. The van der Waals surface area contributed by atoms with Crippen LogP contribution in [0.25, 0.3) is 70.7 Å². The topological polar surface area (TPSA) is 73.8 Å². The predicted molar refractivity (Wildman–Crippen MR) is 438 cm³/mol. The molecule has 0 bridgehead atoms. The van der Waals surface area contributed by atoms with Gasteiger partial charge in [0.25, 0.3) is 37.1 Å². The van der Waals surface area contributed by atoms with E-state index in [1.807, 2.05) is 38.3 Å². The average Bonchev–Trinajstić information content (AvgIpc) is 0.762. The second-order valence-corrected chi connectivity index (χ2v) is 50.3. The number of benzene rings is 12. The molecule has 2 heterocycles. The highest BCUT2D eigenvalue weighted by molar-refractivity contribution is 6.94. The van der Waals surface area contributed by atoms with Crippen molar-refractivity contribution in [2.45, 2.75) is 121 Å². The second kappa shape index (κ2) is 34.6. The third-order valence-corrected chi connectivity index (χ3v) is 49.7. The summed E-state index contributed by atoms with van der Waals surface area (Å²) in [6, 6.07) is 95.0. The van der Waals surface area contributed by atoms with Gasteiger partial charge in [0.2, 0.25) is 0 Å². The molecule has 0 N–H and O–H groups in total. The summed E-state index contributed by atoms with van der Waals surface area (Å²) in [6.07, 6.45) is 10.5. The van der Waals surface area contributed by atoms with Crippen LogP contribution in [-0.4, -0.2) is 71.4 Å². The van der Waals surface area contributed by atoms with Gasteiger partial charge in [-0.15, -0.1) is 6.58 Å². The van der Waals surface area contributed by atoms with Gasteiger partial charge in [-0.1, -0.05) is 267 Å². The molecule has 0 aromatic heterocycles. The molecule has 2 aliphatic rings. The Morgan fingerprint density at radius 3 is 0.980 bits per heavy atom. The van der Waals surface area contributed by atoms with Crippen LogP contribution in [0, 0.1) is 0 Å². The molecule has 0 radical (unpaired) electrons. The highest BCUT2D eigenvalue weighted by atomic mass is 28.5. The summed E-state index contributed by atoms with van der Waals surface area (Å²) in [5, 5.41) is 15.5. The Morgan fingerprint density at radius 2 is 0.606 bits per heavy atom. The van der Waals surface area contributed by atoms with E-state index < -0.39 is 71.4 Å². The number of allylic oxidation sites excluding steroid dienone is 1. The van der Waals surface area contributed by atoms with Gasteiger partial charge in [-0.05, 0) is 226 Å². The molecule has 0 atom stereocenters. The zero-order valence-corrected chi connectivity index (χ0v) is 67.8. The lowest BCUT2D eigenvalue weighted by Gasteiger charge is -2.50. The minimum Gasteiger partial charge on any atom is -0.420 e. The molecule has 510 valence electrons. The van der Waals surface area contributed by atoms with E-state index in [2.05, 4.69) is 294 Å². The van der Waals surface area contributed by atoms with Crippen molar-refractivity contribution in [1.29, 1.82) is 0 Å². The molecule has 0 unspecified atom stereocenters. The Bertz CT molecular complexity index is 4410. The minimum atomic E-state index is -2.87. The van der Waals surface area contributed by atoms with Gasteiger partial charge in [-0.3, -0.25) is 0 Å². The van der Waals surface area contributed by atoms with Crippen LogP contribution in [0.5, 0.6) is 0 Å². The first-order chi connectivity index (χ1) is 47.9. The van der Waals surface area contributed by atoms with E-state index >= 15 is 0 Å². The van der Waals surface area contributed by atoms with Crippen molar-refractivity contribution in [2.75, 3.05) is 0 Å². The fraction of sp³-hybridized carbons (Fsp3) is 0.229. The standard InChI is InChI=1S/C54H60O4Si4.C13H12.C12H10.C4H16O4Si4/c1-59(37-15-27-49-25-13-23-47-19-9-11-29-53(47)49)55-61(3,39-35-43-31-33-45-17-5-7-21-51(45)41-43)57-60(2,38-16-28-50-26-14-24-48-20-10-12-30-54(48)50)58-62(4,56-59)40-36-44-32-34-46-18-6-8-22-52(46)42-44;1-2-6-11-8-5-9-12-7-3-4-10-13(11)12;1-2-10-7-8-11-5-3-4-6-12(11)9-10;1-9-5-10(2)7-12(4)8-11(3)6-9/h5-14,17-26,29-34,41-42H,15-16,27-28,35-40H2,1-4H3;2-5,7-10H,1,6H2;2-9H,1H2;9-12H,1-4H3. The van der Waals surface area contributed by atoms with Crippen molar-refractivity contribution in [3.8, 4) is 0 Å². The molecular formula is C83H98O8Si8. The van der Waals surface area contributed by atoms with Gasteiger partial charge < -0.3 is 32.9 Å². The molecule has 2 aliphatic heterocycles. The molecule has 14 rings (SSSR count). The van der Waals surface area contributed by atoms with Crippen molar-refractivity contribution >= 4 is 142 Å². The van der Waals surface area contributed by atoms with E-state index in [0.29, 0.717) is 0 Å². The van der Waals surface area contributed by atoms with E-state index in [-0.39, 0.29) is 0 Å². The summed E-state index contributed by atoms with van der Waals surface area (Å²) in [4.78, 5) is 0. The van der Waals surface area contributed by atoms with Crippen molar-refractivity contribution < 1.29 is 32.9 Å². The third-order valence-electron chi connectivity index (χ3n) is 18.8. The zero-order valence-electron chi connectivity index (χ0n) is 59.2.